The average Bonchev–Trinajstić information content (AvgIpc) is 3.19. The minimum absolute atomic E-state index is 0.0862. The Balaban J connectivity index is 1.90. The van der Waals surface area contributed by atoms with Crippen LogP contribution in [0.2, 0.25) is 10.0 Å². The van der Waals surface area contributed by atoms with E-state index >= 15 is 4.39 Å². The van der Waals surface area contributed by atoms with Gasteiger partial charge in [-0.3, -0.25) is 9.59 Å². The Labute approximate surface area is 194 Å². The number of nitrogens with one attached hydrogen (secondary N) is 1. The molecular weight excluding hydrogens is 454 g/mol. The molecule has 0 saturated carbocycles. The van der Waals surface area contributed by atoms with Crippen LogP contribution < -0.4 is 10.9 Å². The fourth-order valence-corrected chi connectivity index (χ4v) is 4.80. The Bertz CT molecular complexity index is 1320. The molecule has 0 unspecified atom stereocenters. The van der Waals surface area contributed by atoms with Gasteiger partial charge in [0, 0.05) is 31.4 Å². The van der Waals surface area contributed by atoms with Gasteiger partial charge in [0.25, 0.3) is 5.56 Å². The van der Waals surface area contributed by atoms with Crippen LogP contribution in [0.4, 0.5) is 10.1 Å². The number of aromatic nitrogens is 2. The van der Waals surface area contributed by atoms with E-state index in [1.165, 1.54) is 29.1 Å². The van der Waals surface area contributed by atoms with E-state index in [1.807, 2.05) is 0 Å². The molecule has 0 spiro atoms. The monoisotopic (exact) mass is 474 g/mol. The second-order valence-electron chi connectivity index (χ2n) is 7.93. The van der Waals surface area contributed by atoms with Crippen molar-refractivity contribution in [3.05, 3.63) is 80.6 Å². The van der Waals surface area contributed by atoms with E-state index in [2.05, 4.69) is 16.9 Å². The van der Waals surface area contributed by atoms with E-state index in [-0.39, 0.29) is 33.6 Å². The lowest BCUT2D eigenvalue weighted by molar-refractivity contribution is -0.125. The number of hydrogen-bond donors (Lipinski definition) is 1. The molecule has 3 aromatic rings. The number of carbonyl (C=O) groups excluding carboxylic acids is 1. The highest BCUT2D eigenvalue weighted by Gasteiger charge is 2.44. The predicted octanol–water partition coefficient (Wildman–Crippen LogP) is 4.41. The van der Waals surface area contributed by atoms with Gasteiger partial charge in [0.2, 0.25) is 5.91 Å². The maximum absolute atomic E-state index is 15.1. The molecule has 1 saturated heterocycles. The van der Waals surface area contributed by atoms with E-state index in [0.717, 1.165) is 0 Å². The molecule has 4 rings (SSSR count). The summed E-state index contributed by atoms with van der Waals surface area (Å²) < 4.78 is 16.5. The smallest absolute Gasteiger partial charge is 0.261 e. The summed E-state index contributed by atoms with van der Waals surface area (Å²) in [6, 6.07) is 6.18. The van der Waals surface area contributed by atoms with Gasteiger partial charge in [-0.25, -0.2) is 9.37 Å². The summed E-state index contributed by atoms with van der Waals surface area (Å²) in [4.78, 5) is 31.0. The number of aryl methyl sites for hydroxylation is 2. The first-order valence-corrected chi connectivity index (χ1v) is 10.7. The normalized spacial score (nSPS) is 18.2. The Morgan fingerprint density at radius 2 is 2.06 bits per heavy atom. The quantitative estimate of drug-likeness (QED) is 0.449. The van der Waals surface area contributed by atoms with Crippen LogP contribution >= 0.6 is 23.2 Å². The molecule has 6 nitrogen and oxygen atoms in total. The van der Waals surface area contributed by atoms with Gasteiger partial charge in [0.1, 0.15) is 5.82 Å². The molecule has 1 N–H and O–H groups in total. The zero-order valence-electron chi connectivity index (χ0n) is 17.6. The summed E-state index contributed by atoms with van der Waals surface area (Å²) in [5.74, 6) is -0.795. The third kappa shape index (κ3) is 3.55. The van der Waals surface area contributed by atoms with Crippen LogP contribution in [0.1, 0.15) is 17.5 Å². The second-order valence-corrected chi connectivity index (χ2v) is 8.72. The van der Waals surface area contributed by atoms with Crippen molar-refractivity contribution in [2.24, 2.45) is 7.05 Å². The minimum Gasteiger partial charge on any atom is -0.373 e. The van der Waals surface area contributed by atoms with Crippen molar-refractivity contribution in [3.8, 4) is 0 Å². The lowest BCUT2D eigenvalue weighted by atomic mass is 9.87. The highest BCUT2D eigenvalue weighted by atomic mass is 35.5. The first-order chi connectivity index (χ1) is 15.2. The van der Waals surface area contributed by atoms with Crippen LogP contribution in [0.15, 0.2) is 48.0 Å². The molecule has 1 aliphatic rings. The predicted molar refractivity (Wildman–Crippen MR) is 125 cm³/mol. The van der Waals surface area contributed by atoms with Crippen molar-refractivity contribution in [2.45, 2.75) is 18.9 Å². The molecule has 0 bridgehead atoms. The largest absolute Gasteiger partial charge is 0.373 e. The Kier molecular flexibility index (Phi) is 5.73. The molecule has 2 heterocycles. The molecule has 2 aromatic carbocycles. The van der Waals surface area contributed by atoms with Gasteiger partial charge >= 0.3 is 0 Å². The molecule has 1 fully saturated rings. The van der Waals surface area contributed by atoms with Gasteiger partial charge in [-0.1, -0.05) is 29.8 Å². The van der Waals surface area contributed by atoms with Gasteiger partial charge in [-0.2, -0.15) is 0 Å². The highest BCUT2D eigenvalue weighted by Crippen LogP contribution is 2.43. The lowest BCUT2D eigenvalue weighted by Gasteiger charge is -2.34. The van der Waals surface area contributed by atoms with Gasteiger partial charge in [-0.05, 0) is 49.2 Å². The number of fused-ring (bicyclic) bond motifs is 1. The zero-order chi connectivity index (χ0) is 23.2. The molecule has 1 aliphatic heterocycles. The topological polar surface area (TPSA) is 67.2 Å². The van der Waals surface area contributed by atoms with Crippen LogP contribution in [0, 0.1) is 12.7 Å². The highest BCUT2D eigenvalue weighted by molar-refractivity contribution is 6.42. The average molecular weight is 475 g/mol. The van der Waals surface area contributed by atoms with Crippen LogP contribution in [0.25, 0.3) is 10.9 Å². The third-order valence-electron chi connectivity index (χ3n) is 6.00. The summed E-state index contributed by atoms with van der Waals surface area (Å²) in [6.45, 7) is 5.87. The maximum Gasteiger partial charge on any atom is 0.261 e. The molecular formula is C23H21Cl2FN4O2. The fraction of sp³-hybridized carbons (Fsp3) is 0.261. The standard InChI is InChI=1S/C23H21Cl2FN4O2/c1-4-18(31)30-10-9-23(11-30,20-15(26)6-5-14(24)21(20)25)28-16-7-8-17-19(13(16)2)22(32)29(3)12-27-17/h4-8,12,28H,1,9-11H2,2-3H3/t23-/m0/s1. The SMILES string of the molecule is C=CC(=O)N1CC[C@@](Nc2ccc3ncn(C)c(=O)c3c2C)(c2c(F)ccc(Cl)c2Cl)C1. The number of amides is 1. The first kappa shape index (κ1) is 22.3. The van der Waals surface area contributed by atoms with Crippen LogP contribution in [-0.4, -0.2) is 33.4 Å². The number of benzene rings is 2. The van der Waals surface area contributed by atoms with Crippen molar-refractivity contribution in [2.75, 3.05) is 18.4 Å². The molecule has 0 radical (unpaired) electrons. The van der Waals surface area contributed by atoms with Crippen LogP contribution in [0.5, 0.6) is 0 Å². The Morgan fingerprint density at radius 3 is 2.78 bits per heavy atom. The minimum atomic E-state index is -1.06. The number of halogens is 3. The molecule has 1 amide bonds. The fourth-order valence-electron chi connectivity index (χ4n) is 4.31. The number of carbonyl (C=O) groups is 1. The van der Waals surface area contributed by atoms with E-state index in [0.29, 0.717) is 35.1 Å². The number of rotatable bonds is 4. The van der Waals surface area contributed by atoms with Crippen molar-refractivity contribution >= 4 is 45.7 Å². The van der Waals surface area contributed by atoms with Crippen LogP contribution in [-0.2, 0) is 17.4 Å². The van der Waals surface area contributed by atoms with Crippen molar-refractivity contribution in [1.82, 2.24) is 14.5 Å². The summed E-state index contributed by atoms with van der Waals surface area (Å²) in [5.41, 5.74) is 0.786. The van der Waals surface area contributed by atoms with Crippen LogP contribution in [0.3, 0.4) is 0 Å². The third-order valence-corrected chi connectivity index (χ3v) is 6.80. The maximum atomic E-state index is 15.1. The molecule has 0 aliphatic carbocycles. The summed E-state index contributed by atoms with van der Waals surface area (Å²) >= 11 is 12.7. The zero-order valence-corrected chi connectivity index (χ0v) is 19.1. The van der Waals surface area contributed by atoms with Crippen molar-refractivity contribution < 1.29 is 9.18 Å². The van der Waals surface area contributed by atoms with Gasteiger partial charge in [0.05, 0.1) is 32.8 Å². The molecule has 166 valence electrons. The van der Waals surface area contributed by atoms with E-state index in [1.54, 1.807) is 31.0 Å². The van der Waals surface area contributed by atoms with Crippen molar-refractivity contribution in [1.29, 1.82) is 0 Å². The first-order valence-electron chi connectivity index (χ1n) is 9.97. The number of likely N-dealkylation sites (tertiary alicyclic amines) is 1. The number of anilines is 1. The number of hydrogen-bond acceptors (Lipinski definition) is 4. The molecule has 1 atom stereocenters. The molecule has 9 heteroatoms. The summed E-state index contributed by atoms with van der Waals surface area (Å²) in [7, 11) is 1.63. The molecule has 32 heavy (non-hydrogen) atoms. The van der Waals surface area contributed by atoms with Crippen molar-refractivity contribution in [3.63, 3.8) is 0 Å². The van der Waals surface area contributed by atoms with Gasteiger partial charge < -0.3 is 14.8 Å². The van der Waals surface area contributed by atoms with E-state index < -0.39 is 11.4 Å². The lowest BCUT2D eigenvalue weighted by Crippen LogP contribution is -2.41. The van der Waals surface area contributed by atoms with E-state index in [4.69, 9.17) is 23.2 Å². The Morgan fingerprint density at radius 1 is 1.31 bits per heavy atom. The van der Waals surface area contributed by atoms with Gasteiger partial charge in [-0.15, -0.1) is 0 Å². The summed E-state index contributed by atoms with van der Waals surface area (Å²) in [5, 5.41) is 4.17. The number of nitrogens with zero attached hydrogens (tertiary/aromatic N) is 3. The molecule has 1 aromatic heterocycles. The van der Waals surface area contributed by atoms with E-state index in [9.17, 15) is 9.59 Å². The summed E-state index contributed by atoms with van der Waals surface area (Å²) in [6.07, 6.45) is 3.07. The van der Waals surface area contributed by atoms with Gasteiger partial charge in [0.15, 0.2) is 0 Å². The Hall–Kier alpha value is -2.90. The second kappa shape index (κ2) is 8.22.